The van der Waals surface area contributed by atoms with Crippen LogP contribution in [-0.2, 0) is 6.54 Å². The summed E-state index contributed by atoms with van der Waals surface area (Å²) in [6, 6.07) is 13.8. The van der Waals surface area contributed by atoms with Gasteiger partial charge in [0.1, 0.15) is 0 Å². The maximum Gasteiger partial charge on any atom is 0.437 e. The third-order valence-corrected chi connectivity index (χ3v) is 2.93. The predicted octanol–water partition coefficient (Wildman–Crippen LogP) is 2.68. The van der Waals surface area contributed by atoms with E-state index >= 15 is 0 Å². The normalized spacial score (nSPS) is 10.9. The number of hydrogen-bond acceptors (Lipinski definition) is 3. The van der Waals surface area contributed by atoms with Crippen LogP contribution in [-0.4, -0.2) is 9.78 Å². The summed E-state index contributed by atoms with van der Waals surface area (Å²) in [6.07, 6.45) is 0. The molecule has 0 aliphatic heterocycles. The Morgan fingerprint density at radius 3 is 2.72 bits per heavy atom. The topological polar surface area (TPSA) is 48.0 Å². The van der Waals surface area contributed by atoms with Crippen LogP contribution < -0.4 is 5.76 Å². The molecule has 0 aliphatic rings. The highest BCUT2D eigenvalue weighted by molar-refractivity contribution is 5.94. The van der Waals surface area contributed by atoms with Gasteiger partial charge in [0.2, 0.25) is 5.89 Å². The van der Waals surface area contributed by atoms with Gasteiger partial charge in [-0.15, -0.1) is 5.10 Å². The van der Waals surface area contributed by atoms with Crippen molar-refractivity contribution in [2.45, 2.75) is 13.5 Å². The van der Waals surface area contributed by atoms with E-state index in [1.54, 1.807) is 0 Å². The minimum Gasteiger partial charge on any atom is -0.388 e. The summed E-state index contributed by atoms with van der Waals surface area (Å²) in [5, 5.41) is 6.32. The Labute approximate surface area is 103 Å². The van der Waals surface area contributed by atoms with E-state index in [-0.39, 0.29) is 0 Å². The van der Waals surface area contributed by atoms with E-state index in [2.05, 4.69) is 5.10 Å². The molecule has 0 saturated carbocycles. The highest BCUT2D eigenvalue weighted by atomic mass is 16.4. The van der Waals surface area contributed by atoms with Crippen LogP contribution >= 0.6 is 0 Å². The van der Waals surface area contributed by atoms with Gasteiger partial charge in [-0.1, -0.05) is 36.4 Å². The summed E-state index contributed by atoms with van der Waals surface area (Å²) < 4.78 is 6.51. The lowest BCUT2D eigenvalue weighted by Crippen LogP contribution is -2.13. The van der Waals surface area contributed by atoms with Gasteiger partial charge >= 0.3 is 5.76 Å². The molecule has 0 unspecified atom stereocenters. The smallest absolute Gasteiger partial charge is 0.388 e. The lowest BCUT2D eigenvalue weighted by atomic mass is 10.0. The molecule has 0 fully saturated rings. The van der Waals surface area contributed by atoms with Crippen molar-refractivity contribution in [1.29, 1.82) is 0 Å². The Kier molecular flexibility index (Phi) is 2.48. The zero-order valence-electron chi connectivity index (χ0n) is 9.96. The summed E-state index contributed by atoms with van der Waals surface area (Å²) in [4.78, 5) is 11.5. The molecule has 0 aliphatic carbocycles. The van der Waals surface area contributed by atoms with Crippen LogP contribution in [0, 0.1) is 0 Å². The Bertz CT molecular complexity index is 750. The van der Waals surface area contributed by atoms with Gasteiger partial charge in [-0.25, -0.2) is 4.79 Å². The van der Waals surface area contributed by atoms with Crippen molar-refractivity contribution in [1.82, 2.24) is 9.78 Å². The molecule has 4 nitrogen and oxygen atoms in total. The molecule has 90 valence electrons. The summed E-state index contributed by atoms with van der Waals surface area (Å²) in [5.41, 5.74) is 0.845. The second-order valence-corrected chi connectivity index (χ2v) is 4.02. The average Bonchev–Trinajstić information content (AvgIpc) is 2.79. The third-order valence-electron chi connectivity index (χ3n) is 2.93. The number of hydrogen-bond donors (Lipinski definition) is 0. The van der Waals surface area contributed by atoms with E-state index in [0.717, 1.165) is 16.3 Å². The van der Waals surface area contributed by atoms with Gasteiger partial charge in [0.25, 0.3) is 0 Å². The molecule has 0 atom stereocenters. The second kappa shape index (κ2) is 4.14. The second-order valence-electron chi connectivity index (χ2n) is 4.02. The molecule has 1 aromatic heterocycles. The molecule has 0 N–H and O–H groups in total. The van der Waals surface area contributed by atoms with Gasteiger partial charge in [-0.05, 0) is 23.8 Å². The van der Waals surface area contributed by atoms with Crippen molar-refractivity contribution in [3.05, 3.63) is 53.0 Å². The first-order chi connectivity index (χ1) is 8.79. The van der Waals surface area contributed by atoms with Crippen LogP contribution in [0.25, 0.3) is 22.2 Å². The maximum atomic E-state index is 11.5. The number of aromatic nitrogens is 2. The van der Waals surface area contributed by atoms with E-state index in [4.69, 9.17) is 4.42 Å². The van der Waals surface area contributed by atoms with Crippen molar-refractivity contribution < 1.29 is 4.42 Å². The van der Waals surface area contributed by atoms with E-state index in [0.29, 0.717) is 12.4 Å². The maximum absolute atomic E-state index is 11.5. The Balaban J connectivity index is 2.28. The number of benzene rings is 2. The number of fused-ring (bicyclic) bond motifs is 1. The van der Waals surface area contributed by atoms with Gasteiger partial charge in [0.05, 0.1) is 0 Å². The first-order valence-corrected chi connectivity index (χ1v) is 5.85. The standard InChI is InChI=1S/C14H12N2O2/c1-2-16-14(17)18-13(15-16)12-9-5-7-10-6-3-4-8-11(10)12/h3-9H,2H2,1H3. The third kappa shape index (κ3) is 1.62. The zero-order valence-corrected chi connectivity index (χ0v) is 9.96. The Hall–Kier alpha value is -2.36. The quantitative estimate of drug-likeness (QED) is 0.692. The number of rotatable bonds is 2. The monoisotopic (exact) mass is 240 g/mol. The summed E-state index contributed by atoms with van der Waals surface area (Å²) in [5.74, 6) is -0.0425. The minimum absolute atomic E-state index is 0.374. The predicted molar refractivity (Wildman–Crippen MR) is 69.4 cm³/mol. The van der Waals surface area contributed by atoms with Crippen molar-refractivity contribution >= 4 is 10.8 Å². The van der Waals surface area contributed by atoms with Crippen molar-refractivity contribution in [2.75, 3.05) is 0 Å². The molecule has 0 amide bonds. The average molecular weight is 240 g/mol. The van der Waals surface area contributed by atoms with E-state index in [9.17, 15) is 4.79 Å². The van der Waals surface area contributed by atoms with Crippen molar-refractivity contribution in [2.24, 2.45) is 0 Å². The van der Waals surface area contributed by atoms with Crippen LogP contribution in [0.1, 0.15) is 6.92 Å². The molecule has 18 heavy (non-hydrogen) atoms. The first-order valence-electron chi connectivity index (χ1n) is 5.85. The molecule has 2 aromatic carbocycles. The fourth-order valence-electron chi connectivity index (χ4n) is 2.03. The molecule has 0 spiro atoms. The first kappa shape index (κ1) is 10.8. The molecule has 4 heteroatoms. The van der Waals surface area contributed by atoms with Gasteiger partial charge in [0.15, 0.2) is 0 Å². The van der Waals surface area contributed by atoms with Crippen LogP contribution in [0.15, 0.2) is 51.7 Å². The van der Waals surface area contributed by atoms with Gasteiger partial charge in [-0.3, -0.25) is 0 Å². The fourth-order valence-corrected chi connectivity index (χ4v) is 2.03. The van der Waals surface area contributed by atoms with Gasteiger partial charge < -0.3 is 4.42 Å². The Morgan fingerprint density at radius 1 is 1.17 bits per heavy atom. The van der Waals surface area contributed by atoms with E-state index < -0.39 is 5.76 Å². The number of nitrogens with zero attached hydrogens (tertiary/aromatic N) is 2. The van der Waals surface area contributed by atoms with E-state index in [1.807, 2.05) is 49.4 Å². The SMILES string of the molecule is CCn1nc(-c2cccc3ccccc23)oc1=O. The van der Waals surface area contributed by atoms with Crippen molar-refractivity contribution in [3.8, 4) is 11.5 Å². The van der Waals surface area contributed by atoms with Crippen LogP contribution in [0.2, 0.25) is 0 Å². The van der Waals surface area contributed by atoms with Crippen LogP contribution in [0.4, 0.5) is 0 Å². The number of aryl methyl sites for hydroxylation is 1. The molecular formula is C14H12N2O2. The van der Waals surface area contributed by atoms with E-state index in [1.165, 1.54) is 4.68 Å². The molecule has 3 rings (SSSR count). The largest absolute Gasteiger partial charge is 0.437 e. The van der Waals surface area contributed by atoms with Gasteiger partial charge in [-0.2, -0.15) is 4.68 Å². The van der Waals surface area contributed by atoms with Crippen LogP contribution in [0.5, 0.6) is 0 Å². The Morgan fingerprint density at radius 2 is 1.94 bits per heavy atom. The summed E-state index contributed by atoms with van der Waals surface area (Å²) in [6.45, 7) is 2.36. The zero-order chi connectivity index (χ0) is 12.5. The van der Waals surface area contributed by atoms with Crippen molar-refractivity contribution in [3.63, 3.8) is 0 Å². The highest BCUT2D eigenvalue weighted by Crippen LogP contribution is 2.26. The molecule has 0 radical (unpaired) electrons. The lowest BCUT2D eigenvalue weighted by Gasteiger charge is -2.01. The minimum atomic E-state index is -0.416. The van der Waals surface area contributed by atoms with Crippen LogP contribution in [0.3, 0.4) is 0 Å². The molecule has 0 bridgehead atoms. The lowest BCUT2D eigenvalue weighted by molar-refractivity contribution is 0.490. The highest BCUT2D eigenvalue weighted by Gasteiger charge is 2.11. The molecule has 3 aromatic rings. The molecule has 1 heterocycles. The molecule has 0 saturated heterocycles. The summed E-state index contributed by atoms with van der Waals surface area (Å²) in [7, 11) is 0. The fraction of sp³-hybridized carbons (Fsp3) is 0.143. The van der Waals surface area contributed by atoms with Gasteiger partial charge in [0, 0.05) is 12.1 Å². The molecular weight excluding hydrogens is 228 g/mol. The summed E-state index contributed by atoms with van der Waals surface area (Å²) >= 11 is 0.